The normalized spacial score (nSPS) is 11.5. The number of carbonyl (C=O) groups excluding carboxylic acids is 1. The molecule has 6 nitrogen and oxygen atoms in total. The molecule has 3 N–H and O–H groups in total. The van der Waals surface area contributed by atoms with Crippen molar-refractivity contribution < 1.29 is 9.18 Å². The molecule has 1 heterocycles. The molecule has 0 fully saturated rings. The smallest absolute Gasteiger partial charge is 0.222 e. The van der Waals surface area contributed by atoms with Gasteiger partial charge in [0.1, 0.15) is 11.9 Å². The van der Waals surface area contributed by atoms with Crippen LogP contribution in [0, 0.1) is 23.1 Å². The fourth-order valence-electron chi connectivity index (χ4n) is 1.95. The number of amides is 1. The average Bonchev–Trinajstić information content (AvgIpc) is 2.53. The third-order valence-electron chi connectivity index (χ3n) is 3.12. The van der Waals surface area contributed by atoms with Gasteiger partial charge < -0.3 is 11.1 Å². The van der Waals surface area contributed by atoms with E-state index in [9.17, 15) is 9.18 Å². The Bertz CT molecular complexity index is 696. The van der Waals surface area contributed by atoms with E-state index in [1.54, 1.807) is 12.1 Å². The molecule has 0 unspecified atom stereocenters. The van der Waals surface area contributed by atoms with E-state index in [0.29, 0.717) is 12.2 Å². The lowest BCUT2D eigenvalue weighted by Gasteiger charge is -2.15. The number of primary amides is 1. The van der Waals surface area contributed by atoms with E-state index in [0.717, 1.165) is 5.56 Å². The maximum Gasteiger partial charge on any atom is 0.222 e. The van der Waals surface area contributed by atoms with E-state index in [-0.39, 0.29) is 18.1 Å². The van der Waals surface area contributed by atoms with Crippen molar-refractivity contribution in [2.45, 2.75) is 6.42 Å². The van der Waals surface area contributed by atoms with Crippen LogP contribution in [0.25, 0.3) is 0 Å². The van der Waals surface area contributed by atoms with Gasteiger partial charge >= 0.3 is 0 Å². The molecular weight excluding hydrogens is 285 g/mol. The highest BCUT2D eigenvalue weighted by atomic mass is 19.1. The Hall–Kier alpha value is -3.01. The van der Waals surface area contributed by atoms with Crippen molar-refractivity contribution in [3.63, 3.8) is 0 Å². The van der Waals surface area contributed by atoms with Crippen LogP contribution < -0.4 is 11.1 Å². The number of benzene rings is 1. The lowest BCUT2D eigenvalue weighted by molar-refractivity contribution is -0.121. The zero-order chi connectivity index (χ0) is 15.9. The highest BCUT2D eigenvalue weighted by Gasteiger charge is 2.17. The molecule has 0 bridgehead atoms. The van der Waals surface area contributed by atoms with Gasteiger partial charge in [0.05, 0.1) is 5.92 Å². The highest BCUT2D eigenvalue weighted by molar-refractivity contribution is 5.77. The zero-order valence-corrected chi connectivity index (χ0v) is 11.7. The average molecular weight is 299 g/mol. The minimum atomic E-state index is -0.515. The minimum Gasteiger partial charge on any atom is -0.369 e. The topological polar surface area (TPSA) is 105 Å². The Labute approximate surface area is 126 Å². The molecule has 0 saturated heterocycles. The molecule has 1 aromatic carbocycles. The van der Waals surface area contributed by atoms with Crippen molar-refractivity contribution in [2.75, 3.05) is 11.9 Å². The molecular formula is C15H14FN5O. The van der Waals surface area contributed by atoms with E-state index in [2.05, 4.69) is 15.3 Å². The van der Waals surface area contributed by atoms with Crippen LogP contribution in [0.1, 0.15) is 11.3 Å². The van der Waals surface area contributed by atoms with Crippen molar-refractivity contribution in [3.8, 4) is 6.07 Å². The predicted molar refractivity (Wildman–Crippen MR) is 78.0 cm³/mol. The number of aromatic nitrogens is 2. The largest absolute Gasteiger partial charge is 0.369 e. The maximum absolute atomic E-state index is 12.9. The summed E-state index contributed by atoms with van der Waals surface area (Å²) in [7, 11) is 0. The van der Waals surface area contributed by atoms with Crippen LogP contribution in [-0.2, 0) is 11.2 Å². The summed E-state index contributed by atoms with van der Waals surface area (Å²) < 4.78 is 12.9. The molecule has 1 atom stereocenters. The summed E-state index contributed by atoms with van der Waals surface area (Å²) in [4.78, 5) is 19.4. The number of nitriles is 1. The number of carbonyl (C=O) groups is 1. The molecule has 0 spiro atoms. The molecule has 0 saturated carbocycles. The van der Waals surface area contributed by atoms with Crippen molar-refractivity contribution in [3.05, 3.63) is 53.7 Å². The van der Waals surface area contributed by atoms with Crippen molar-refractivity contribution >= 4 is 11.7 Å². The molecule has 0 aliphatic rings. The van der Waals surface area contributed by atoms with Crippen LogP contribution in [0.5, 0.6) is 0 Å². The molecule has 1 aromatic heterocycles. The van der Waals surface area contributed by atoms with E-state index >= 15 is 0 Å². The third-order valence-corrected chi connectivity index (χ3v) is 3.12. The number of nitrogens with zero attached hydrogens (tertiary/aromatic N) is 3. The predicted octanol–water partition coefficient (Wildman–Crippen LogP) is 1.24. The zero-order valence-electron chi connectivity index (χ0n) is 11.7. The first-order valence-electron chi connectivity index (χ1n) is 6.59. The molecule has 2 aromatic rings. The Morgan fingerprint density at radius 3 is 2.64 bits per heavy atom. The number of hydrogen-bond acceptors (Lipinski definition) is 5. The fraction of sp³-hybridized carbons (Fsp3) is 0.200. The highest BCUT2D eigenvalue weighted by Crippen LogP contribution is 2.12. The second-order valence-corrected chi connectivity index (χ2v) is 4.68. The Balaban J connectivity index is 2.05. The van der Waals surface area contributed by atoms with Gasteiger partial charge in [-0.1, -0.05) is 12.1 Å². The van der Waals surface area contributed by atoms with Gasteiger partial charge in [-0.05, 0) is 24.1 Å². The Morgan fingerprint density at radius 2 is 2.00 bits per heavy atom. The van der Waals surface area contributed by atoms with Crippen molar-refractivity contribution in [2.24, 2.45) is 11.7 Å². The first-order valence-corrected chi connectivity index (χ1v) is 6.59. The molecule has 0 radical (unpaired) electrons. The van der Waals surface area contributed by atoms with Crippen molar-refractivity contribution in [1.82, 2.24) is 9.97 Å². The van der Waals surface area contributed by atoms with Gasteiger partial charge in [0.15, 0.2) is 11.5 Å². The van der Waals surface area contributed by atoms with Gasteiger partial charge in [0.2, 0.25) is 5.91 Å². The summed E-state index contributed by atoms with van der Waals surface area (Å²) >= 11 is 0. The van der Waals surface area contributed by atoms with E-state index < -0.39 is 11.8 Å². The van der Waals surface area contributed by atoms with Gasteiger partial charge in [-0.3, -0.25) is 4.79 Å². The number of rotatable bonds is 6. The number of halogens is 1. The maximum atomic E-state index is 12.9. The quantitative estimate of drug-likeness (QED) is 0.835. The lowest BCUT2D eigenvalue weighted by atomic mass is 9.98. The van der Waals surface area contributed by atoms with E-state index in [4.69, 9.17) is 11.0 Å². The SMILES string of the molecule is N#Cc1nccnc1NC[C@@H](Cc1ccc(F)cc1)C(N)=O. The van der Waals surface area contributed by atoms with Crippen LogP contribution in [0.15, 0.2) is 36.7 Å². The first-order chi connectivity index (χ1) is 10.6. The number of nitrogens with one attached hydrogen (secondary N) is 1. The fourth-order valence-corrected chi connectivity index (χ4v) is 1.95. The van der Waals surface area contributed by atoms with Crippen molar-refractivity contribution in [1.29, 1.82) is 5.26 Å². The Kier molecular flexibility index (Phi) is 4.98. The lowest BCUT2D eigenvalue weighted by Crippen LogP contribution is -2.31. The summed E-state index contributed by atoms with van der Waals surface area (Å²) in [5, 5.41) is 11.8. The summed E-state index contributed by atoms with van der Waals surface area (Å²) in [5.74, 6) is -1.04. The molecule has 1 amide bonds. The van der Waals surface area contributed by atoms with Crippen LogP contribution in [0.3, 0.4) is 0 Å². The molecule has 2 rings (SSSR count). The van der Waals surface area contributed by atoms with Gasteiger partial charge in [0, 0.05) is 18.9 Å². The standard InChI is InChI=1S/C15H14FN5O/c16-12-3-1-10(2-4-12)7-11(14(18)22)9-21-15-13(8-17)19-5-6-20-15/h1-6,11H,7,9H2,(H2,18,22)(H,20,21)/t11-/m1/s1. The first kappa shape index (κ1) is 15.4. The van der Waals surface area contributed by atoms with Gasteiger partial charge in [-0.15, -0.1) is 0 Å². The second-order valence-electron chi connectivity index (χ2n) is 4.68. The van der Waals surface area contributed by atoms with Crippen LogP contribution >= 0.6 is 0 Å². The monoisotopic (exact) mass is 299 g/mol. The summed E-state index contributed by atoms with van der Waals surface area (Å²) in [5.41, 5.74) is 6.34. The number of hydrogen-bond donors (Lipinski definition) is 2. The minimum absolute atomic E-state index is 0.146. The summed E-state index contributed by atoms with van der Waals surface area (Å²) in [6.07, 6.45) is 3.22. The van der Waals surface area contributed by atoms with Gasteiger partial charge in [-0.2, -0.15) is 5.26 Å². The summed E-state index contributed by atoms with van der Waals surface area (Å²) in [6, 6.07) is 7.78. The van der Waals surface area contributed by atoms with E-state index in [1.807, 2.05) is 6.07 Å². The van der Waals surface area contributed by atoms with Crippen LogP contribution in [-0.4, -0.2) is 22.4 Å². The molecule has 22 heavy (non-hydrogen) atoms. The molecule has 0 aliphatic carbocycles. The number of nitrogens with two attached hydrogens (primary N) is 1. The number of anilines is 1. The Morgan fingerprint density at radius 1 is 1.32 bits per heavy atom. The molecule has 112 valence electrons. The van der Waals surface area contributed by atoms with Crippen LogP contribution in [0.2, 0.25) is 0 Å². The van der Waals surface area contributed by atoms with Gasteiger partial charge in [0.25, 0.3) is 0 Å². The van der Waals surface area contributed by atoms with Crippen LogP contribution in [0.4, 0.5) is 10.2 Å². The third kappa shape index (κ3) is 3.99. The summed E-state index contributed by atoms with van der Waals surface area (Å²) in [6.45, 7) is 0.208. The van der Waals surface area contributed by atoms with E-state index in [1.165, 1.54) is 24.5 Å². The molecule has 0 aliphatic heterocycles. The van der Waals surface area contributed by atoms with Gasteiger partial charge in [-0.25, -0.2) is 14.4 Å². The second kappa shape index (κ2) is 7.13. The molecule has 7 heteroatoms.